The number of nitrogens with zero attached hydrogens (tertiary/aromatic N) is 2. The molecule has 3 rings (SSSR count). The van der Waals surface area contributed by atoms with Crippen LogP contribution >= 0.6 is 12.4 Å². The molecule has 2 aliphatic heterocycles. The van der Waals surface area contributed by atoms with Crippen LogP contribution in [0.5, 0.6) is 0 Å². The van der Waals surface area contributed by atoms with Gasteiger partial charge in [0.1, 0.15) is 6.54 Å². The fourth-order valence-electron chi connectivity index (χ4n) is 2.95. The minimum Gasteiger partial charge on any atom is -0.345 e. The summed E-state index contributed by atoms with van der Waals surface area (Å²) in [5.74, 6) is 0.776. The number of aromatic nitrogens is 1. The van der Waals surface area contributed by atoms with Crippen LogP contribution in [0.15, 0.2) is 29.3 Å². The Bertz CT molecular complexity index is 496. The maximum atomic E-state index is 12.2. The second-order valence-electron chi connectivity index (χ2n) is 5.07. The monoisotopic (exact) mass is 283 g/mol. The summed E-state index contributed by atoms with van der Waals surface area (Å²) in [6.45, 7) is 3.15. The van der Waals surface area contributed by atoms with Crippen molar-refractivity contribution in [1.82, 2.24) is 14.8 Å². The van der Waals surface area contributed by atoms with Gasteiger partial charge in [0.2, 0.25) is 5.91 Å². The third-order valence-electron chi connectivity index (χ3n) is 3.94. The van der Waals surface area contributed by atoms with Gasteiger partial charge in [-0.2, -0.15) is 0 Å². The molecular weight excluding hydrogens is 266 g/mol. The minimum atomic E-state index is -0.0278. The lowest BCUT2D eigenvalue weighted by Crippen LogP contribution is -2.40. The van der Waals surface area contributed by atoms with Gasteiger partial charge in [-0.25, -0.2) is 0 Å². The lowest BCUT2D eigenvalue weighted by molar-refractivity contribution is -0.132. The predicted octanol–water partition coefficient (Wildman–Crippen LogP) is 0.0904. The molecule has 0 spiro atoms. The first-order valence-corrected chi connectivity index (χ1v) is 6.40. The number of carbonyl (C=O) groups is 1. The Hall–Kier alpha value is -1.33. The molecule has 0 aromatic carbocycles. The fourth-order valence-corrected chi connectivity index (χ4v) is 2.95. The highest BCUT2D eigenvalue weighted by molar-refractivity contribution is 5.85. The lowest BCUT2D eigenvalue weighted by atomic mass is 10.1. The average molecular weight is 284 g/mol. The third-order valence-corrected chi connectivity index (χ3v) is 3.94. The first-order chi connectivity index (χ1) is 8.74. The topological polar surface area (TPSA) is 54.3 Å². The van der Waals surface area contributed by atoms with E-state index in [2.05, 4.69) is 5.32 Å². The van der Waals surface area contributed by atoms with Gasteiger partial charge in [-0.1, -0.05) is 0 Å². The van der Waals surface area contributed by atoms with Crippen LogP contribution in [-0.2, 0) is 11.3 Å². The number of fused-ring (bicyclic) bond motifs is 1. The van der Waals surface area contributed by atoms with Gasteiger partial charge < -0.3 is 14.8 Å². The predicted molar refractivity (Wildman–Crippen MR) is 74.4 cm³/mol. The van der Waals surface area contributed by atoms with Crippen molar-refractivity contribution in [2.24, 2.45) is 5.92 Å². The van der Waals surface area contributed by atoms with Crippen molar-refractivity contribution in [3.8, 4) is 0 Å². The molecule has 104 valence electrons. The molecule has 6 heteroatoms. The van der Waals surface area contributed by atoms with Crippen LogP contribution in [0.25, 0.3) is 0 Å². The van der Waals surface area contributed by atoms with Gasteiger partial charge in [0.15, 0.2) is 5.43 Å². The van der Waals surface area contributed by atoms with Crippen LogP contribution in [-0.4, -0.2) is 41.1 Å². The second-order valence-corrected chi connectivity index (χ2v) is 5.07. The van der Waals surface area contributed by atoms with E-state index in [1.807, 2.05) is 4.90 Å². The second kappa shape index (κ2) is 5.75. The Morgan fingerprint density at radius 1 is 1.32 bits per heavy atom. The number of amides is 1. The van der Waals surface area contributed by atoms with Crippen LogP contribution < -0.4 is 10.7 Å². The molecule has 0 radical (unpaired) electrons. The van der Waals surface area contributed by atoms with Crippen molar-refractivity contribution in [3.05, 3.63) is 34.7 Å². The maximum absolute atomic E-state index is 12.2. The van der Waals surface area contributed by atoms with Gasteiger partial charge in [0.25, 0.3) is 0 Å². The molecule has 1 N–H and O–H groups in total. The van der Waals surface area contributed by atoms with E-state index < -0.39 is 0 Å². The molecule has 2 saturated heterocycles. The number of pyridine rings is 1. The van der Waals surface area contributed by atoms with E-state index in [0.29, 0.717) is 18.5 Å². The van der Waals surface area contributed by atoms with E-state index in [4.69, 9.17) is 0 Å². The number of carbonyl (C=O) groups excluding carboxylic acids is 1. The molecule has 1 aromatic heterocycles. The summed E-state index contributed by atoms with van der Waals surface area (Å²) in [6.07, 6.45) is 4.44. The third kappa shape index (κ3) is 2.82. The van der Waals surface area contributed by atoms with Gasteiger partial charge in [-0.05, 0) is 12.3 Å². The van der Waals surface area contributed by atoms with Crippen LogP contribution in [0.1, 0.15) is 6.42 Å². The zero-order valence-corrected chi connectivity index (χ0v) is 11.4. The van der Waals surface area contributed by atoms with Crippen molar-refractivity contribution < 1.29 is 4.79 Å². The molecule has 5 nitrogen and oxygen atoms in total. The maximum Gasteiger partial charge on any atom is 0.242 e. The van der Waals surface area contributed by atoms with E-state index in [-0.39, 0.29) is 23.7 Å². The Morgan fingerprint density at radius 2 is 2.05 bits per heavy atom. The highest BCUT2D eigenvalue weighted by Gasteiger charge is 2.39. The normalized spacial score (nSPS) is 24.9. The number of nitrogens with one attached hydrogen (secondary N) is 1. The number of hydrogen-bond donors (Lipinski definition) is 1. The Labute approximate surface area is 118 Å². The van der Waals surface area contributed by atoms with E-state index in [9.17, 15) is 9.59 Å². The Balaban J connectivity index is 0.00000133. The summed E-state index contributed by atoms with van der Waals surface area (Å²) in [5, 5.41) is 3.34. The zero-order chi connectivity index (χ0) is 12.5. The molecule has 2 fully saturated rings. The summed E-state index contributed by atoms with van der Waals surface area (Å²) < 4.78 is 1.76. The van der Waals surface area contributed by atoms with Crippen molar-refractivity contribution in [3.63, 3.8) is 0 Å². The van der Waals surface area contributed by atoms with E-state index >= 15 is 0 Å². The number of halogens is 1. The van der Waals surface area contributed by atoms with Crippen LogP contribution in [0.3, 0.4) is 0 Å². The molecule has 0 aliphatic carbocycles. The van der Waals surface area contributed by atoms with Gasteiger partial charge in [0, 0.05) is 50.2 Å². The van der Waals surface area contributed by atoms with Crippen molar-refractivity contribution in [1.29, 1.82) is 0 Å². The number of likely N-dealkylation sites (tertiary alicyclic amines) is 1. The smallest absolute Gasteiger partial charge is 0.242 e. The Morgan fingerprint density at radius 3 is 2.79 bits per heavy atom. The minimum absolute atomic E-state index is 0. The van der Waals surface area contributed by atoms with Gasteiger partial charge in [0.05, 0.1) is 0 Å². The van der Waals surface area contributed by atoms with Crippen molar-refractivity contribution >= 4 is 18.3 Å². The largest absolute Gasteiger partial charge is 0.345 e. The lowest BCUT2D eigenvalue weighted by Gasteiger charge is -2.23. The molecule has 3 heterocycles. The highest BCUT2D eigenvalue weighted by atomic mass is 35.5. The van der Waals surface area contributed by atoms with Crippen molar-refractivity contribution in [2.45, 2.75) is 19.0 Å². The summed E-state index contributed by atoms with van der Waals surface area (Å²) in [5.41, 5.74) is -0.0278. The van der Waals surface area contributed by atoms with Crippen molar-refractivity contribution in [2.75, 3.05) is 19.6 Å². The first-order valence-electron chi connectivity index (χ1n) is 6.40. The van der Waals surface area contributed by atoms with Crippen LogP contribution in [0.4, 0.5) is 0 Å². The number of hydrogen-bond acceptors (Lipinski definition) is 3. The number of rotatable bonds is 2. The molecule has 0 bridgehead atoms. The van der Waals surface area contributed by atoms with E-state index in [1.54, 1.807) is 17.0 Å². The van der Waals surface area contributed by atoms with E-state index in [0.717, 1.165) is 26.1 Å². The molecule has 2 atom stereocenters. The van der Waals surface area contributed by atoms with E-state index in [1.165, 1.54) is 12.1 Å². The zero-order valence-electron chi connectivity index (χ0n) is 10.6. The highest BCUT2D eigenvalue weighted by Crippen LogP contribution is 2.27. The Kier molecular flexibility index (Phi) is 4.27. The molecule has 0 saturated carbocycles. The SMILES string of the molecule is Cl.O=C(Cn1ccc(=O)cc1)N1CC[C@H]2CNC[C@H]21. The first kappa shape index (κ1) is 14.1. The standard InChI is InChI=1S/C13H17N3O2.ClH/c17-11-2-4-15(5-3-11)9-13(18)16-6-1-10-7-14-8-12(10)16;/h2-5,10,12,14H,1,6-9H2;1H/t10-,12+;/m0./s1. The van der Waals surface area contributed by atoms with Crippen LogP contribution in [0.2, 0.25) is 0 Å². The summed E-state index contributed by atoms with van der Waals surface area (Å²) in [4.78, 5) is 25.2. The average Bonchev–Trinajstić information content (AvgIpc) is 2.93. The van der Waals surface area contributed by atoms with Gasteiger partial charge in [-0.3, -0.25) is 9.59 Å². The van der Waals surface area contributed by atoms with Gasteiger partial charge in [-0.15, -0.1) is 12.4 Å². The van der Waals surface area contributed by atoms with Gasteiger partial charge >= 0.3 is 0 Å². The van der Waals surface area contributed by atoms with Crippen LogP contribution in [0, 0.1) is 5.92 Å². The summed E-state index contributed by atoms with van der Waals surface area (Å²) in [7, 11) is 0. The molecule has 1 aromatic rings. The fraction of sp³-hybridized carbons (Fsp3) is 0.538. The molecule has 19 heavy (non-hydrogen) atoms. The molecule has 0 unspecified atom stereocenters. The summed E-state index contributed by atoms with van der Waals surface area (Å²) in [6, 6.07) is 3.34. The summed E-state index contributed by atoms with van der Waals surface area (Å²) >= 11 is 0. The quantitative estimate of drug-likeness (QED) is 0.837. The molecular formula is C13H18ClN3O2. The molecule has 1 amide bonds. The molecule has 2 aliphatic rings.